The lowest BCUT2D eigenvalue weighted by Gasteiger charge is -2.02. The standard InChI is InChI=1S/C14H11N.HI/c15-14-6-5-12-7-10-3-1-2-4-11(10)8-13(12)9-14;/h1-9H,15H2;1H. The van der Waals surface area contributed by atoms with Crippen LogP contribution in [0.25, 0.3) is 21.5 Å². The van der Waals surface area contributed by atoms with Gasteiger partial charge in [0, 0.05) is 5.69 Å². The molecule has 0 saturated carbocycles. The van der Waals surface area contributed by atoms with Crippen LogP contribution in [0.2, 0.25) is 0 Å². The van der Waals surface area contributed by atoms with E-state index in [0.717, 1.165) is 5.69 Å². The Balaban J connectivity index is 0.000000963. The minimum absolute atomic E-state index is 0. The molecule has 16 heavy (non-hydrogen) atoms. The van der Waals surface area contributed by atoms with E-state index in [0.29, 0.717) is 0 Å². The van der Waals surface area contributed by atoms with E-state index in [9.17, 15) is 0 Å². The third kappa shape index (κ3) is 1.85. The molecular weight excluding hydrogens is 309 g/mol. The first kappa shape index (κ1) is 11.2. The van der Waals surface area contributed by atoms with Crippen molar-refractivity contribution in [1.29, 1.82) is 0 Å². The second kappa shape index (κ2) is 4.29. The number of nitrogen functional groups attached to an aromatic ring is 1. The quantitative estimate of drug-likeness (QED) is 0.375. The summed E-state index contributed by atoms with van der Waals surface area (Å²) in [5, 5.41) is 4.97. The summed E-state index contributed by atoms with van der Waals surface area (Å²) < 4.78 is 0. The maximum Gasteiger partial charge on any atom is 0.0320 e. The van der Waals surface area contributed by atoms with Crippen molar-refractivity contribution < 1.29 is 0 Å². The van der Waals surface area contributed by atoms with Crippen molar-refractivity contribution >= 4 is 51.2 Å². The summed E-state index contributed by atoms with van der Waals surface area (Å²) in [6.45, 7) is 0. The maximum absolute atomic E-state index is 5.77. The van der Waals surface area contributed by atoms with Crippen LogP contribution in [-0.4, -0.2) is 0 Å². The van der Waals surface area contributed by atoms with Crippen molar-refractivity contribution in [2.45, 2.75) is 0 Å². The fourth-order valence-corrected chi connectivity index (χ4v) is 1.96. The molecule has 0 radical (unpaired) electrons. The van der Waals surface area contributed by atoms with Crippen LogP contribution in [0.4, 0.5) is 5.69 Å². The molecule has 3 aromatic rings. The van der Waals surface area contributed by atoms with E-state index < -0.39 is 0 Å². The number of fused-ring (bicyclic) bond motifs is 2. The lowest BCUT2D eigenvalue weighted by atomic mass is 10.0. The molecule has 0 aliphatic heterocycles. The summed E-state index contributed by atoms with van der Waals surface area (Å²) in [6.07, 6.45) is 0. The SMILES string of the molecule is I.Nc1ccc2cc3ccccc3cc2c1. The summed E-state index contributed by atoms with van der Waals surface area (Å²) in [5.74, 6) is 0. The first-order valence-corrected chi connectivity index (χ1v) is 5.01. The highest BCUT2D eigenvalue weighted by molar-refractivity contribution is 14.0. The van der Waals surface area contributed by atoms with Gasteiger partial charge in [-0.3, -0.25) is 0 Å². The second-order valence-corrected chi connectivity index (χ2v) is 3.81. The maximum atomic E-state index is 5.77. The lowest BCUT2D eigenvalue weighted by molar-refractivity contribution is 1.74. The van der Waals surface area contributed by atoms with E-state index >= 15 is 0 Å². The Bertz CT molecular complexity index is 646. The van der Waals surface area contributed by atoms with Crippen LogP contribution in [0.3, 0.4) is 0 Å². The van der Waals surface area contributed by atoms with Crippen LogP contribution in [0, 0.1) is 0 Å². The van der Waals surface area contributed by atoms with Gasteiger partial charge >= 0.3 is 0 Å². The number of halogens is 1. The summed E-state index contributed by atoms with van der Waals surface area (Å²) in [4.78, 5) is 0. The molecule has 3 aromatic carbocycles. The Morgan fingerprint density at radius 1 is 0.625 bits per heavy atom. The molecule has 3 rings (SSSR count). The van der Waals surface area contributed by atoms with E-state index in [1.54, 1.807) is 0 Å². The van der Waals surface area contributed by atoms with Crippen LogP contribution in [0.15, 0.2) is 54.6 Å². The Labute approximate surface area is 111 Å². The third-order valence-corrected chi connectivity index (χ3v) is 2.73. The molecule has 2 heteroatoms. The third-order valence-electron chi connectivity index (χ3n) is 2.73. The van der Waals surface area contributed by atoms with Gasteiger partial charge in [-0.2, -0.15) is 0 Å². The summed E-state index contributed by atoms with van der Waals surface area (Å²) in [6, 6.07) is 18.8. The van der Waals surface area contributed by atoms with Gasteiger partial charge in [0.25, 0.3) is 0 Å². The number of rotatable bonds is 0. The summed E-state index contributed by atoms with van der Waals surface area (Å²) in [7, 11) is 0. The van der Waals surface area contributed by atoms with E-state index in [1.165, 1.54) is 21.5 Å². The first-order chi connectivity index (χ1) is 7.33. The monoisotopic (exact) mass is 321 g/mol. The molecule has 0 fully saturated rings. The number of anilines is 1. The molecule has 80 valence electrons. The van der Waals surface area contributed by atoms with Crippen LogP contribution in [-0.2, 0) is 0 Å². The minimum Gasteiger partial charge on any atom is -0.399 e. The fourth-order valence-electron chi connectivity index (χ4n) is 1.96. The topological polar surface area (TPSA) is 26.0 Å². The number of nitrogens with two attached hydrogens (primary N) is 1. The Kier molecular flexibility index (Phi) is 3.01. The van der Waals surface area contributed by atoms with Gasteiger partial charge in [-0.15, -0.1) is 24.0 Å². The van der Waals surface area contributed by atoms with Crippen LogP contribution < -0.4 is 5.73 Å². The van der Waals surface area contributed by atoms with E-state index in [4.69, 9.17) is 5.73 Å². The Morgan fingerprint density at radius 2 is 1.19 bits per heavy atom. The number of benzene rings is 3. The molecular formula is C14H12IN. The average molecular weight is 321 g/mol. The zero-order chi connectivity index (χ0) is 10.3. The first-order valence-electron chi connectivity index (χ1n) is 5.01. The van der Waals surface area contributed by atoms with E-state index in [2.05, 4.69) is 42.5 Å². The molecule has 0 atom stereocenters. The van der Waals surface area contributed by atoms with Gasteiger partial charge in [0.15, 0.2) is 0 Å². The molecule has 0 amide bonds. The van der Waals surface area contributed by atoms with Gasteiger partial charge < -0.3 is 5.73 Å². The molecule has 0 unspecified atom stereocenters. The van der Waals surface area contributed by atoms with Crippen molar-refractivity contribution in [3.63, 3.8) is 0 Å². The molecule has 0 spiro atoms. The van der Waals surface area contributed by atoms with Crippen molar-refractivity contribution in [3.05, 3.63) is 54.6 Å². The zero-order valence-electron chi connectivity index (χ0n) is 8.68. The number of hydrogen-bond acceptors (Lipinski definition) is 1. The van der Waals surface area contributed by atoms with E-state index in [-0.39, 0.29) is 24.0 Å². The molecule has 0 saturated heterocycles. The van der Waals surface area contributed by atoms with Crippen LogP contribution in [0.1, 0.15) is 0 Å². The molecule has 0 aromatic heterocycles. The number of hydrogen-bond donors (Lipinski definition) is 1. The van der Waals surface area contributed by atoms with Gasteiger partial charge in [-0.05, 0) is 45.8 Å². The average Bonchev–Trinajstić information content (AvgIpc) is 2.26. The highest BCUT2D eigenvalue weighted by Crippen LogP contribution is 2.24. The molecule has 0 aliphatic rings. The second-order valence-electron chi connectivity index (χ2n) is 3.81. The van der Waals surface area contributed by atoms with Gasteiger partial charge in [-0.25, -0.2) is 0 Å². The van der Waals surface area contributed by atoms with Gasteiger partial charge in [0.2, 0.25) is 0 Å². The van der Waals surface area contributed by atoms with Crippen molar-refractivity contribution in [1.82, 2.24) is 0 Å². The predicted molar refractivity (Wildman–Crippen MR) is 81.3 cm³/mol. The molecule has 0 bridgehead atoms. The zero-order valence-corrected chi connectivity index (χ0v) is 11.0. The fraction of sp³-hybridized carbons (Fsp3) is 0. The highest BCUT2D eigenvalue weighted by atomic mass is 127. The largest absolute Gasteiger partial charge is 0.399 e. The van der Waals surface area contributed by atoms with Crippen molar-refractivity contribution in [3.8, 4) is 0 Å². The van der Waals surface area contributed by atoms with Crippen LogP contribution >= 0.6 is 24.0 Å². The Hall–Kier alpha value is -1.29. The summed E-state index contributed by atoms with van der Waals surface area (Å²) in [5.41, 5.74) is 6.59. The summed E-state index contributed by atoms with van der Waals surface area (Å²) >= 11 is 0. The van der Waals surface area contributed by atoms with E-state index in [1.807, 2.05) is 12.1 Å². The van der Waals surface area contributed by atoms with Crippen molar-refractivity contribution in [2.24, 2.45) is 0 Å². The minimum atomic E-state index is 0. The van der Waals surface area contributed by atoms with Gasteiger partial charge in [-0.1, -0.05) is 30.3 Å². The predicted octanol–water partition coefficient (Wildman–Crippen LogP) is 4.19. The molecule has 0 heterocycles. The van der Waals surface area contributed by atoms with Crippen LogP contribution in [0.5, 0.6) is 0 Å². The van der Waals surface area contributed by atoms with Gasteiger partial charge in [0.05, 0.1) is 0 Å². The molecule has 1 nitrogen and oxygen atoms in total. The Morgan fingerprint density at radius 3 is 1.88 bits per heavy atom. The van der Waals surface area contributed by atoms with Crippen molar-refractivity contribution in [2.75, 3.05) is 5.73 Å². The van der Waals surface area contributed by atoms with Gasteiger partial charge in [0.1, 0.15) is 0 Å². The lowest BCUT2D eigenvalue weighted by Crippen LogP contribution is -1.83. The molecule has 2 N–H and O–H groups in total. The normalized spacial score (nSPS) is 10.2. The highest BCUT2D eigenvalue weighted by Gasteiger charge is 1.97. The molecule has 0 aliphatic carbocycles. The smallest absolute Gasteiger partial charge is 0.0320 e.